The van der Waals surface area contributed by atoms with E-state index in [9.17, 15) is 13.2 Å². The second kappa shape index (κ2) is 6.56. The number of carbonyl (C=O) groups excluding carboxylic acids is 1. The maximum Gasteiger partial charge on any atom is 0.337 e. The van der Waals surface area contributed by atoms with Gasteiger partial charge in [0.1, 0.15) is 0 Å². The van der Waals surface area contributed by atoms with Gasteiger partial charge in [0, 0.05) is 0 Å². The number of aryl methyl sites for hydroxylation is 1. The third-order valence-electron chi connectivity index (χ3n) is 2.69. The average Bonchev–Trinajstić information content (AvgIpc) is 2.38. The molecule has 0 saturated carbocycles. The van der Waals surface area contributed by atoms with Gasteiger partial charge in [0.25, 0.3) is 0 Å². The van der Waals surface area contributed by atoms with Crippen molar-refractivity contribution in [1.29, 1.82) is 0 Å². The highest BCUT2D eigenvalue weighted by Gasteiger charge is 2.13. The van der Waals surface area contributed by atoms with Gasteiger partial charge in [-0.15, -0.1) is 0 Å². The molecule has 1 aromatic carbocycles. The Kier molecular flexibility index (Phi) is 5.35. The van der Waals surface area contributed by atoms with Crippen molar-refractivity contribution in [3.8, 4) is 0 Å². The number of rotatable bonds is 6. The number of anilines is 1. The van der Waals surface area contributed by atoms with Crippen LogP contribution in [0.15, 0.2) is 18.2 Å². The van der Waals surface area contributed by atoms with Crippen molar-refractivity contribution in [2.24, 2.45) is 0 Å². The lowest BCUT2D eigenvalue weighted by Crippen LogP contribution is -2.17. The minimum absolute atomic E-state index is 0.0748. The van der Waals surface area contributed by atoms with Crippen molar-refractivity contribution in [1.82, 2.24) is 0 Å². The fourth-order valence-corrected chi connectivity index (χ4v) is 2.86. The zero-order valence-corrected chi connectivity index (χ0v) is 12.2. The Morgan fingerprint density at radius 2 is 2.05 bits per heavy atom. The van der Waals surface area contributed by atoms with Crippen molar-refractivity contribution in [2.75, 3.05) is 17.6 Å². The Balaban J connectivity index is 2.97. The number of esters is 1. The smallest absolute Gasteiger partial charge is 0.337 e. The fraction of sp³-hybridized carbons (Fsp3) is 0.462. The molecule has 0 amide bonds. The molecule has 0 aliphatic rings. The second-order valence-electron chi connectivity index (χ2n) is 4.30. The molecular weight excluding hydrogens is 266 g/mol. The summed E-state index contributed by atoms with van der Waals surface area (Å²) in [6.07, 6.45) is 1.41. The topological polar surface area (TPSA) is 72.5 Å². The molecule has 0 radical (unpaired) electrons. The second-order valence-corrected chi connectivity index (χ2v) is 6.14. The first-order chi connectivity index (χ1) is 8.89. The van der Waals surface area contributed by atoms with Crippen molar-refractivity contribution in [2.45, 2.75) is 26.7 Å². The van der Waals surface area contributed by atoms with E-state index in [1.807, 2.05) is 6.92 Å². The van der Waals surface area contributed by atoms with Crippen molar-refractivity contribution in [3.05, 3.63) is 29.3 Å². The Labute approximate surface area is 114 Å². The molecule has 0 aliphatic heterocycles. The molecule has 6 heteroatoms. The number of methoxy groups -OCH3 is 1. The lowest BCUT2D eigenvalue weighted by Gasteiger charge is -2.11. The molecule has 106 valence electrons. The molecule has 0 fully saturated rings. The van der Waals surface area contributed by atoms with Crippen molar-refractivity contribution < 1.29 is 17.9 Å². The Morgan fingerprint density at radius 1 is 1.37 bits per heavy atom. The van der Waals surface area contributed by atoms with Crippen LogP contribution in [0.25, 0.3) is 0 Å². The van der Waals surface area contributed by atoms with E-state index in [0.29, 0.717) is 17.7 Å². The van der Waals surface area contributed by atoms with E-state index in [0.717, 1.165) is 12.0 Å². The molecule has 1 aromatic rings. The van der Waals surface area contributed by atoms with Crippen LogP contribution >= 0.6 is 0 Å². The monoisotopic (exact) mass is 285 g/mol. The predicted molar refractivity (Wildman–Crippen MR) is 74.8 cm³/mol. The quantitative estimate of drug-likeness (QED) is 0.814. The molecule has 0 spiro atoms. The molecule has 0 unspecified atom stereocenters. The van der Waals surface area contributed by atoms with Crippen molar-refractivity contribution >= 4 is 21.7 Å². The molecule has 1 rings (SSSR count). The zero-order valence-electron chi connectivity index (χ0n) is 11.4. The third-order valence-corrected chi connectivity index (χ3v) is 4.05. The van der Waals surface area contributed by atoms with Crippen LogP contribution in [0.4, 0.5) is 5.69 Å². The summed E-state index contributed by atoms with van der Waals surface area (Å²) in [4.78, 5) is 11.4. The van der Waals surface area contributed by atoms with E-state index < -0.39 is 16.0 Å². The summed E-state index contributed by atoms with van der Waals surface area (Å²) in [5.41, 5.74) is 1.49. The molecular formula is C13H19NO4S. The number of hydrogen-bond acceptors (Lipinski definition) is 4. The van der Waals surface area contributed by atoms with E-state index in [1.165, 1.54) is 13.2 Å². The number of carbonyl (C=O) groups is 1. The summed E-state index contributed by atoms with van der Waals surface area (Å²) in [6, 6.07) is 4.78. The zero-order chi connectivity index (χ0) is 14.5. The molecule has 1 N–H and O–H groups in total. The molecule has 0 aliphatic carbocycles. The summed E-state index contributed by atoms with van der Waals surface area (Å²) in [6.45, 7) is 3.71. The van der Waals surface area contributed by atoms with Gasteiger partial charge in [-0.3, -0.25) is 4.72 Å². The maximum atomic E-state index is 11.8. The van der Waals surface area contributed by atoms with Gasteiger partial charge in [0.2, 0.25) is 10.0 Å². The summed E-state index contributed by atoms with van der Waals surface area (Å²) < 4.78 is 30.8. The molecule has 0 aromatic heterocycles. The van der Waals surface area contributed by atoms with Crippen molar-refractivity contribution in [3.63, 3.8) is 0 Å². The van der Waals surface area contributed by atoms with E-state index in [-0.39, 0.29) is 5.75 Å². The standard InChI is InChI=1S/C13H19NO4S/c1-4-5-8-19(16,17)14-12-9-11(13(15)18-3)7-6-10(12)2/h6-7,9,14H,4-5,8H2,1-3H3. The van der Waals surface area contributed by atoms with Gasteiger partial charge < -0.3 is 4.74 Å². The number of benzene rings is 1. The fourth-order valence-electron chi connectivity index (χ4n) is 1.53. The number of hydrogen-bond donors (Lipinski definition) is 1. The van der Waals surface area contributed by atoms with Gasteiger partial charge >= 0.3 is 5.97 Å². The first-order valence-electron chi connectivity index (χ1n) is 6.09. The van der Waals surface area contributed by atoms with Crippen LogP contribution in [0, 0.1) is 6.92 Å². The van der Waals surface area contributed by atoms with Gasteiger partial charge in [0.15, 0.2) is 0 Å². The lowest BCUT2D eigenvalue weighted by atomic mass is 10.1. The molecule has 0 atom stereocenters. The van der Waals surface area contributed by atoms with Gasteiger partial charge in [-0.05, 0) is 31.0 Å². The summed E-state index contributed by atoms with van der Waals surface area (Å²) in [5, 5.41) is 0. The van der Waals surface area contributed by atoms with Crippen LogP contribution in [0.1, 0.15) is 35.7 Å². The highest BCUT2D eigenvalue weighted by atomic mass is 32.2. The highest BCUT2D eigenvalue weighted by molar-refractivity contribution is 7.92. The van der Waals surface area contributed by atoms with Crippen LogP contribution < -0.4 is 4.72 Å². The summed E-state index contributed by atoms with van der Waals surface area (Å²) in [7, 11) is -2.09. The minimum Gasteiger partial charge on any atom is -0.465 e. The summed E-state index contributed by atoms with van der Waals surface area (Å²) >= 11 is 0. The SMILES string of the molecule is CCCCS(=O)(=O)Nc1cc(C(=O)OC)ccc1C. The van der Waals surface area contributed by atoms with Crippen LogP contribution in [0.5, 0.6) is 0 Å². The van der Waals surface area contributed by atoms with Crippen LogP contribution in [0.2, 0.25) is 0 Å². The Hall–Kier alpha value is -1.56. The largest absolute Gasteiger partial charge is 0.465 e. The molecule has 0 bridgehead atoms. The first-order valence-corrected chi connectivity index (χ1v) is 7.74. The first kappa shape index (κ1) is 15.5. The predicted octanol–water partition coefficient (Wildman–Crippen LogP) is 2.32. The number of sulfonamides is 1. The van der Waals surface area contributed by atoms with Gasteiger partial charge in [-0.2, -0.15) is 0 Å². The van der Waals surface area contributed by atoms with Gasteiger partial charge in [-0.1, -0.05) is 19.4 Å². The van der Waals surface area contributed by atoms with E-state index >= 15 is 0 Å². The van der Waals surface area contributed by atoms with Crippen LogP contribution in [-0.2, 0) is 14.8 Å². The molecule has 19 heavy (non-hydrogen) atoms. The number of nitrogens with one attached hydrogen (secondary N) is 1. The normalized spacial score (nSPS) is 11.1. The third kappa shape index (κ3) is 4.55. The lowest BCUT2D eigenvalue weighted by molar-refractivity contribution is 0.0601. The van der Waals surface area contributed by atoms with E-state index in [1.54, 1.807) is 19.1 Å². The molecule has 0 saturated heterocycles. The Bertz CT molecular complexity index is 552. The molecule has 0 heterocycles. The number of unbranched alkanes of at least 4 members (excludes halogenated alkanes) is 1. The van der Waals surface area contributed by atoms with Gasteiger partial charge in [0.05, 0.1) is 24.1 Å². The Morgan fingerprint density at radius 3 is 2.63 bits per heavy atom. The van der Waals surface area contributed by atoms with E-state index in [2.05, 4.69) is 9.46 Å². The number of ether oxygens (including phenoxy) is 1. The maximum absolute atomic E-state index is 11.8. The van der Waals surface area contributed by atoms with E-state index in [4.69, 9.17) is 0 Å². The summed E-state index contributed by atoms with van der Waals surface area (Å²) in [5.74, 6) is -0.417. The van der Waals surface area contributed by atoms with Crippen LogP contribution in [0.3, 0.4) is 0 Å². The van der Waals surface area contributed by atoms with Gasteiger partial charge in [-0.25, -0.2) is 13.2 Å². The molecule has 5 nitrogen and oxygen atoms in total. The average molecular weight is 285 g/mol. The van der Waals surface area contributed by atoms with Crippen LogP contribution in [-0.4, -0.2) is 27.2 Å². The minimum atomic E-state index is -3.37. The highest BCUT2D eigenvalue weighted by Crippen LogP contribution is 2.19.